The van der Waals surface area contributed by atoms with Crippen molar-refractivity contribution in [2.45, 2.75) is 27.3 Å². The van der Waals surface area contributed by atoms with Crippen LogP contribution < -0.4 is 10.9 Å². The Morgan fingerprint density at radius 1 is 1.04 bits per heavy atom. The van der Waals surface area contributed by atoms with E-state index < -0.39 is 0 Å². The van der Waals surface area contributed by atoms with E-state index in [0.29, 0.717) is 17.1 Å². The Kier molecular flexibility index (Phi) is 4.14. The Labute approximate surface area is 140 Å². The number of aryl methyl sites for hydroxylation is 3. The number of pyridine rings is 1. The summed E-state index contributed by atoms with van der Waals surface area (Å²) in [5, 5.41) is 5.04. The highest BCUT2D eigenvalue weighted by Gasteiger charge is 2.07. The second-order valence-corrected chi connectivity index (χ2v) is 6.42. The minimum Gasteiger partial charge on any atom is -0.380 e. The standard InChI is InChI=1S/C19H19ClN2O/c1-11-6-13(3)18-14(7-11)8-15(19(23)22-18)10-21-17-9-16(20)5-4-12(17)2/h4-9,21H,10H2,1-3H3,(H,22,23). The molecule has 0 spiro atoms. The van der Waals surface area contributed by atoms with Crippen LogP contribution in [0.1, 0.15) is 22.3 Å². The van der Waals surface area contributed by atoms with Crippen LogP contribution in [0, 0.1) is 20.8 Å². The minimum atomic E-state index is -0.0587. The fourth-order valence-corrected chi connectivity index (χ4v) is 3.01. The van der Waals surface area contributed by atoms with Crippen molar-refractivity contribution in [3.05, 3.63) is 74.0 Å². The molecule has 0 atom stereocenters. The molecular weight excluding hydrogens is 308 g/mol. The molecule has 0 aliphatic heterocycles. The van der Waals surface area contributed by atoms with E-state index in [2.05, 4.69) is 29.4 Å². The average molecular weight is 327 g/mol. The lowest BCUT2D eigenvalue weighted by molar-refractivity contribution is 1.08. The minimum absolute atomic E-state index is 0.0587. The molecule has 4 heteroatoms. The van der Waals surface area contributed by atoms with Gasteiger partial charge in [-0.1, -0.05) is 29.3 Å². The lowest BCUT2D eigenvalue weighted by Gasteiger charge is -2.11. The van der Waals surface area contributed by atoms with E-state index in [1.54, 1.807) is 0 Å². The van der Waals surface area contributed by atoms with E-state index in [4.69, 9.17) is 11.6 Å². The summed E-state index contributed by atoms with van der Waals surface area (Å²) in [6, 6.07) is 11.8. The first-order chi connectivity index (χ1) is 10.9. The summed E-state index contributed by atoms with van der Waals surface area (Å²) in [5.41, 5.74) is 5.87. The molecule has 1 heterocycles. The van der Waals surface area contributed by atoms with Gasteiger partial charge in [0.15, 0.2) is 0 Å². The summed E-state index contributed by atoms with van der Waals surface area (Å²) in [6.45, 7) is 6.54. The number of aromatic amines is 1. The van der Waals surface area contributed by atoms with E-state index in [1.807, 2.05) is 38.1 Å². The van der Waals surface area contributed by atoms with Gasteiger partial charge in [0.25, 0.3) is 5.56 Å². The highest BCUT2D eigenvalue weighted by atomic mass is 35.5. The Hall–Kier alpha value is -2.26. The molecule has 0 aliphatic carbocycles. The molecule has 3 aromatic rings. The van der Waals surface area contributed by atoms with Gasteiger partial charge in [-0.25, -0.2) is 0 Å². The molecule has 23 heavy (non-hydrogen) atoms. The first-order valence-corrected chi connectivity index (χ1v) is 7.95. The highest BCUT2D eigenvalue weighted by molar-refractivity contribution is 6.30. The number of fused-ring (bicyclic) bond motifs is 1. The van der Waals surface area contributed by atoms with E-state index >= 15 is 0 Å². The number of rotatable bonds is 3. The predicted octanol–water partition coefficient (Wildman–Crippen LogP) is 4.72. The molecule has 0 bridgehead atoms. The van der Waals surface area contributed by atoms with Crippen molar-refractivity contribution in [1.29, 1.82) is 0 Å². The maximum absolute atomic E-state index is 12.3. The largest absolute Gasteiger partial charge is 0.380 e. The summed E-state index contributed by atoms with van der Waals surface area (Å²) in [6.07, 6.45) is 0. The van der Waals surface area contributed by atoms with Crippen LogP contribution in [0.5, 0.6) is 0 Å². The van der Waals surface area contributed by atoms with Gasteiger partial charge < -0.3 is 10.3 Å². The number of benzene rings is 2. The highest BCUT2D eigenvalue weighted by Crippen LogP contribution is 2.22. The molecule has 118 valence electrons. The molecule has 2 N–H and O–H groups in total. The number of aromatic nitrogens is 1. The maximum Gasteiger partial charge on any atom is 0.253 e. The zero-order chi connectivity index (χ0) is 16.6. The molecule has 3 rings (SSSR count). The summed E-state index contributed by atoms with van der Waals surface area (Å²) < 4.78 is 0. The van der Waals surface area contributed by atoms with Gasteiger partial charge in [-0.3, -0.25) is 4.79 Å². The van der Waals surface area contributed by atoms with Crippen molar-refractivity contribution >= 4 is 28.2 Å². The third-order valence-electron chi connectivity index (χ3n) is 4.04. The number of hydrogen-bond donors (Lipinski definition) is 2. The summed E-state index contributed by atoms with van der Waals surface area (Å²) >= 11 is 6.03. The quantitative estimate of drug-likeness (QED) is 0.731. The molecular formula is C19H19ClN2O. The van der Waals surface area contributed by atoms with Crippen molar-refractivity contribution in [2.75, 3.05) is 5.32 Å². The third kappa shape index (κ3) is 3.25. The Balaban J connectivity index is 1.95. The molecule has 0 fully saturated rings. The fourth-order valence-electron chi connectivity index (χ4n) is 2.84. The van der Waals surface area contributed by atoms with Crippen LogP contribution in [-0.2, 0) is 6.54 Å². The molecule has 0 saturated heterocycles. The zero-order valence-corrected chi connectivity index (χ0v) is 14.2. The van der Waals surface area contributed by atoms with E-state index in [0.717, 1.165) is 27.7 Å². The second kappa shape index (κ2) is 6.09. The second-order valence-electron chi connectivity index (χ2n) is 5.98. The topological polar surface area (TPSA) is 44.9 Å². The van der Waals surface area contributed by atoms with Gasteiger partial charge in [0.2, 0.25) is 0 Å². The van der Waals surface area contributed by atoms with Crippen molar-refractivity contribution < 1.29 is 0 Å². The van der Waals surface area contributed by atoms with Crippen LogP contribution in [0.4, 0.5) is 5.69 Å². The van der Waals surface area contributed by atoms with Gasteiger partial charge in [-0.15, -0.1) is 0 Å². The lowest BCUT2D eigenvalue weighted by atomic mass is 10.1. The van der Waals surface area contributed by atoms with Gasteiger partial charge in [0.05, 0.1) is 5.52 Å². The molecule has 0 amide bonds. The van der Waals surface area contributed by atoms with Gasteiger partial charge in [-0.2, -0.15) is 0 Å². The van der Waals surface area contributed by atoms with Gasteiger partial charge in [0, 0.05) is 22.8 Å². The lowest BCUT2D eigenvalue weighted by Crippen LogP contribution is -2.16. The summed E-state index contributed by atoms with van der Waals surface area (Å²) in [5.74, 6) is 0. The molecule has 1 aromatic heterocycles. The number of halogens is 1. The molecule has 2 aromatic carbocycles. The van der Waals surface area contributed by atoms with Crippen molar-refractivity contribution in [2.24, 2.45) is 0 Å². The van der Waals surface area contributed by atoms with Gasteiger partial charge >= 0.3 is 0 Å². The number of anilines is 1. The normalized spacial score (nSPS) is 11.0. The monoisotopic (exact) mass is 326 g/mol. The molecule has 0 unspecified atom stereocenters. The molecule has 0 radical (unpaired) electrons. The molecule has 3 nitrogen and oxygen atoms in total. The fraction of sp³-hybridized carbons (Fsp3) is 0.211. The molecule has 0 saturated carbocycles. The van der Waals surface area contributed by atoms with Crippen LogP contribution in [0.25, 0.3) is 10.9 Å². The summed E-state index contributed by atoms with van der Waals surface area (Å²) in [4.78, 5) is 15.3. The Morgan fingerprint density at radius 3 is 2.61 bits per heavy atom. The molecule has 0 aliphatic rings. The van der Waals surface area contributed by atoms with Crippen molar-refractivity contribution in [3.8, 4) is 0 Å². The van der Waals surface area contributed by atoms with Gasteiger partial charge in [0.1, 0.15) is 0 Å². The smallest absolute Gasteiger partial charge is 0.253 e. The van der Waals surface area contributed by atoms with Crippen LogP contribution in [0.2, 0.25) is 5.02 Å². The van der Waals surface area contributed by atoms with E-state index in [9.17, 15) is 4.79 Å². The first-order valence-electron chi connectivity index (χ1n) is 7.57. The predicted molar refractivity (Wildman–Crippen MR) is 97.6 cm³/mol. The van der Waals surface area contributed by atoms with Gasteiger partial charge in [-0.05, 0) is 61.5 Å². The average Bonchev–Trinajstić information content (AvgIpc) is 2.49. The van der Waals surface area contributed by atoms with E-state index in [1.165, 1.54) is 5.56 Å². The van der Waals surface area contributed by atoms with E-state index in [-0.39, 0.29) is 5.56 Å². The Morgan fingerprint density at radius 2 is 1.83 bits per heavy atom. The summed E-state index contributed by atoms with van der Waals surface area (Å²) in [7, 11) is 0. The van der Waals surface area contributed by atoms with Crippen molar-refractivity contribution in [3.63, 3.8) is 0 Å². The van der Waals surface area contributed by atoms with Crippen molar-refractivity contribution in [1.82, 2.24) is 4.98 Å². The number of H-pyrrole nitrogens is 1. The number of hydrogen-bond acceptors (Lipinski definition) is 2. The SMILES string of the molecule is Cc1cc(C)c2[nH]c(=O)c(CNc3cc(Cl)ccc3C)cc2c1. The van der Waals surface area contributed by atoms with Crippen LogP contribution in [-0.4, -0.2) is 4.98 Å². The Bertz CT molecular complexity index is 944. The van der Waals surface area contributed by atoms with Crippen LogP contribution >= 0.6 is 11.6 Å². The van der Waals surface area contributed by atoms with Crippen LogP contribution in [0.3, 0.4) is 0 Å². The third-order valence-corrected chi connectivity index (χ3v) is 4.27. The maximum atomic E-state index is 12.3. The zero-order valence-electron chi connectivity index (χ0n) is 13.5. The first kappa shape index (κ1) is 15.6. The van der Waals surface area contributed by atoms with Crippen LogP contribution in [0.15, 0.2) is 41.2 Å². The number of nitrogens with one attached hydrogen (secondary N) is 2.